The smallest absolute Gasteiger partial charge is 0.298 e. The molecule has 60 valence electrons. The number of hydrogen-bond donors (Lipinski definition) is 0. The summed E-state index contributed by atoms with van der Waals surface area (Å²) in [4.78, 5) is 12.4. The molecule has 0 N–H and O–H groups in total. The summed E-state index contributed by atoms with van der Waals surface area (Å²) in [6.07, 6.45) is -0.394. The van der Waals surface area contributed by atoms with Gasteiger partial charge in [0.25, 0.3) is 5.91 Å². The minimum Gasteiger partial charge on any atom is -0.329 e. The van der Waals surface area contributed by atoms with Gasteiger partial charge < -0.3 is 4.90 Å². The minimum atomic E-state index is -0.849. The van der Waals surface area contributed by atoms with Gasteiger partial charge in [-0.2, -0.15) is 0 Å². The summed E-state index contributed by atoms with van der Waals surface area (Å²) in [6, 6.07) is 0. The molecule has 0 aromatic rings. The molecule has 1 aliphatic heterocycles. The molecule has 1 saturated heterocycles. The lowest BCUT2D eigenvalue weighted by atomic mass is 10.3. The summed E-state index contributed by atoms with van der Waals surface area (Å²) in [7, 11) is 0. The monoisotopic (exact) mass is 155 g/mol. The van der Waals surface area contributed by atoms with Crippen LogP contribution in [0.2, 0.25) is 0 Å². The molecule has 2 nitrogen and oxygen atoms in total. The maximum absolute atomic E-state index is 12.5. The summed E-state index contributed by atoms with van der Waals surface area (Å²) < 4.78 is 12.5. The van der Waals surface area contributed by atoms with E-state index >= 15 is 0 Å². The van der Waals surface area contributed by atoms with Crippen LogP contribution in [0.15, 0.2) is 0 Å². The molecule has 3 heteroatoms. The first-order valence-corrected chi connectivity index (χ1v) is 3.59. The van der Waals surface area contributed by atoms with Gasteiger partial charge in [-0.25, -0.2) is 4.39 Å². The van der Waals surface area contributed by atoms with E-state index in [0.717, 1.165) is 0 Å². The summed E-state index contributed by atoms with van der Waals surface area (Å²) in [5, 5.41) is 0. The van der Waals surface area contributed by atoms with Crippen LogP contribution in [0, 0.1) is 11.8 Å². The van der Waals surface area contributed by atoms with E-state index in [4.69, 9.17) is 0 Å². The van der Waals surface area contributed by atoms with Crippen LogP contribution in [0.1, 0.15) is 13.3 Å². The number of likely N-dealkylation sites (tertiary alicyclic amines) is 1. The zero-order chi connectivity index (χ0) is 8.27. The highest BCUT2D eigenvalue weighted by Crippen LogP contribution is 2.11. The van der Waals surface area contributed by atoms with Gasteiger partial charge in [0.1, 0.15) is 6.17 Å². The Balaban J connectivity index is 2.47. The number of rotatable bonds is 0. The maximum Gasteiger partial charge on any atom is 0.298 e. The molecule has 1 amide bonds. The molecule has 0 aromatic carbocycles. The summed E-state index contributed by atoms with van der Waals surface area (Å²) in [6.45, 7) is 2.32. The maximum atomic E-state index is 12.5. The molecule has 1 fully saturated rings. The van der Waals surface area contributed by atoms with Crippen LogP contribution in [0.25, 0.3) is 0 Å². The van der Waals surface area contributed by atoms with Crippen molar-refractivity contribution in [3.63, 3.8) is 0 Å². The first kappa shape index (κ1) is 8.06. The van der Waals surface area contributed by atoms with E-state index in [2.05, 4.69) is 11.8 Å². The molecule has 0 bridgehead atoms. The van der Waals surface area contributed by atoms with Crippen LogP contribution >= 0.6 is 0 Å². The molecule has 1 heterocycles. The van der Waals surface area contributed by atoms with E-state index in [1.54, 1.807) is 6.92 Å². The predicted octanol–water partition coefficient (Wildman–Crippen LogP) is 0.580. The van der Waals surface area contributed by atoms with Crippen LogP contribution in [0.4, 0.5) is 4.39 Å². The van der Waals surface area contributed by atoms with Gasteiger partial charge in [-0.15, -0.1) is 0 Å². The lowest BCUT2D eigenvalue weighted by molar-refractivity contribution is -0.124. The molecule has 11 heavy (non-hydrogen) atoms. The molecule has 0 aliphatic carbocycles. The van der Waals surface area contributed by atoms with Crippen molar-refractivity contribution in [1.82, 2.24) is 4.90 Å². The Labute approximate surface area is 65.4 Å². The van der Waals surface area contributed by atoms with E-state index in [-0.39, 0.29) is 12.5 Å². The normalized spacial score (nSPS) is 22.7. The van der Waals surface area contributed by atoms with Crippen molar-refractivity contribution in [3.05, 3.63) is 0 Å². The zero-order valence-electron chi connectivity index (χ0n) is 6.43. The number of halogens is 1. The Morgan fingerprint density at radius 3 is 2.91 bits per heavy atom. The number of carbonyl (C=O) groups excluding carboxylic acids is 1. The van der Waals surface area contributed by atoms with Crippen LogP contribution in [0.3, 0.4) is 0 Å². The molecule has 1 unspecified atom stereocenters. The van der Waals surface area contributed by atoms with Crippen LogP contribution in [-0.2, 0) is 4.79 Å². The van der Waals surface area contributed by atoms with Crippen molar-refractivity contribution < 1.29 is 9.18 Å². The SMILES string of the molecule is CC#CC(=O)N1CCC(F)C1. The second-order valence-electron chi connectivity index (χ2n) is 2.51. The van der Waals surface area contributed by atoms with Gasteiger partial charge in [-0.05, 0) is 19.3 Å². The molecule has 0 saturated carbocycles. The standard InChI is InChI=1S/C8H10FNO/c1-2-3-8(11)10-5-4-7(9)6-10/h7H,4-6H2,1H3. The average molecular weight is 155 g/mol. The molecule has 1 atom stereocenters. The Morgan fingerprint density at radius 1 is 1.73 bits per heavy atom. The topological polar surface area (TPSA) is 20.3 Å². The van der Waals surface area contributed by atoms with E-state index in [9.17, 15) is 9.18 Å². The molecule has 0 spiro atoms. The highest BCUT2D eigenvalue weighted by atomic mass is 19.1. The van der Waals surface area contributed by atoms with Gasteiger partial charge in [-0.1, -0.05) is 5.92 Å². The molecule has 1 aliphatic rings. The van der Waals surface area contributed by atoms with E-state index < -0.39 is 6.17 Å². The van der Waals surface area contributed by atoms with Gasteiger partial charge in [0.05, 0.1) is 6.54 Å². The number of carbonyl (C=O) groups is 1. The molecular formula is C8H10FNO. The molecular weight excluding hydrogens is 145 g/mol. The lowest BCUT2D eigenvalue weighted by Crippen LogP contribution is -2.27. The lowest BCUT2D eigenvalue weighted by Gasteiger charge is -2.09. The zero-order valence-corrected chi connectivity index (χ0v) is 6.43. The average Bonchev–Trinajstić information content (AvgIpc) is 2.36. The van der Waals surface area contributed by atoms with Crippen molar-refractivity contribution in [3.8, 4) is 11.8 Å². The Morgan fingerprint density at radius 2 is 2.45 bits per heavy atom. The first-order valence-electron chi connectivity index (χ1n) is 3.59. The van der Waals surface area contributed by atoms with E-state index in [0.29, 0.717) is 13.0 Å². The molecule has 0 aromatic heterocycles. The Bertz CT molecular complexity index is 216. The van der Waals surface area contributed by atoms with Crippen molar-refractivity contribution in [2.24, 2.45) is 0 Å². The van der Waals surface area contributed by atoms with Gasteiger partial charge in [0, 0.05) is 6.54 Å². The summed E-state index contributed by atoms with van der Waals surface area (Å²) in [5.41, 5.74) is 0. The fraction of sp³-hybridized carbons (Fsp3) is 0.625. The van der Waals surface area contributed by atoms with Gasteiger partial charge in [0.2, 0.25) is 0 Å². The number of nitrogens with zero attached hydrogens (tertiary/aromatic N) is 1. The van der Waals surface area contributed by atoms with Crippen LogP contribution in [-0.4, -0.2) is 30.1 Å². The largest absolute Gasteiger partial charge is 0.329 e. The van der Waals surface area contributed by atoms with Crippen molar-refractivity contribution in [2.45, 2.75) is 19.5 Å². The van der Waals surface area contributed by atoms with Crippen molar-refractivity contribution >= 4 is 5.91 Å². The second-order valence-corrected chi connectivity index (χ2v) is 2.51. The third kappa shape index (κ3) is 1.94. The molecule has 1 rings (SSSR count). The summed E-state index contributed by atoms with van der Waals surface area (Å²) >= 11 is 0. The fourth-order valence-corrected chi connectivity index (χ4v) is 1.09. The summed E-state index contributed by atoms with van der Waals surface area (Å²) in [5.74, 6) is 4.62. The minimum absolute atomic E-state index is 0.216. The highest BCUT2D eigenvalue weighted by molar-refractivity contribution is 5.93. The van der Waals surface area contributed by atoms with Crippen LogP contribution in [0.5, 0.6) is 0 Å². The van der Waals surface area contributed by atoms with E-state index in [1.807, 2.05) is 0 Å². The van der Waals surface area contributed by atoms with Gasteiger partial charge >= 0.3 is 0 Å². The Hall–Kier alpha value is -1.04. The van der Waals surface area contributed by atoms with E-state index in [1.165, 1.54) is 4.90 Å². The van der Waals surface area contributed by atoms with Gasteiger partial charge in [-0.3, -0.25) is 4.79 Å². The third-order valence-electron chi connectivity index (χ3n) is 1.65. The first-order chi connectivity index (χ1) is 5.24. The molecule has 0 radical (unpaired) electrons. The second kappa shape index (κ2) is 3.38. The quantitative estimate of drug-likeness (QED) is 0.468. The highest BCUT2D eigenvalue weighted by Gasteiger charge is 2.24. The van der Waals surface area contributed by atoms with Crippen molar-refractivity contribution in [1.29, 1.82) is 0 Å². The fourth-order valence-electron chi connectivity index (χ4n) is 1.09. The number of hydrogen-bond acceptors (Lipinski definition) is 1. The third-order valence-corrected chi connectivity index (χ3v) is 1.65. The predicted molar refractivity (Wildman–Crippen MR) is 39.5 cm³/mol. The number of amides is 1. The Kier molecular flexibility index (Phi) is 2.48. The number of alkyl halides is 1. The van der Waals surface area contributed by atoms with Gasteiger partial charge in [0.15, 0.2) is 0 Å². The van der Waals surface area contributed by atoms with Crippen LogP contribution < -0.4 is 0 Å². The van der Waals surface area contributed by atoms with Crippen molar-refractivity contribution in [2.75, 3.05) is 13.1 Å².